The molecule has 2 N–H and O–H groups in total. The fraction of sp³-hybridized carbons (Fsp3) is 0.455. The maximum atomic E-state index is 13.6. The largest absolute Gasteiger partial charge is 0.387 e. The van der Waals surface area contributed by atoms with E-state index in [1.807, 2.05) is 13.8 Å². The summed E-state index contributed by atoms with van der Waals surface area (Å²) in [5.74, 6) is -1.49. The highest BCUT2D eigenvalue weighted by molar-refractivity contribution is 9.10. The van der Waals surface area contributed by atoms with E-state index in [1.165, 1.54) is 6.07 Å². The number of halogens is 3. The van der Waals surface area contributed by atoms with E-state index in [-0.39, 0.29) is 22.6 Å². The average Bonchev–Trinajstić information content (AvgIpc) is 2.21. The smallest absolute Gasteiger partial charge is 0.146 e. The Labute approximate surface area is 102 Å². The summed E-state index contributed by atoms with van der Waals surface area (Å²) in [6.45, 7) is 3.89. The van der Waals surface area contributed by atoms with Crippen LogP contribution in [0.25, 0.3) is 0 Å². The van der Waals surface area contributed by atoms with Crippen molar-refractivity contribution in [2.45, 2.75) is 26.0 Å². The van der Waals surface area contributed by atoms with Crippen molar-refractivity contribution in [1.29, 1.82) is 0 Å². The number of hydrogen-bond donors (Lipinski definition) is 2. The summed E-state index contributed by atoms with van der Waals surface area (Å²) in [7, 11) is 0. The molecule has 0 aliphatic heterocycles. The lowest BCUT2D eigenvalue weighted by atomic mass is 10.1. The predicted octanol–water partition coefficient (Wildman–Crippen LogP) is 2.76. The summed E-state index contributed by atoms with van der Waals surface area (Å²) < 4.78 is 27.1. The van der Waals surface area contributed by atoms with Gasteiger partial charge in [0.1, 0.15) is 11.6 Å². The monoisotopic (exact) mass is 293 g/mol. The summed E-state index contributed by atoms with van der Waals surface area (Å²) in [5.41, 5.74) is -0.303. The molecule has 5 heteroatoms. The Hall–Kier alpha value is -0.520. The molecule has 1 rings (SSSR count). The lowest BCUT2D eigenvalue weighted by Crippen LogP contribution is -2.28. The molecule has 0 heterocycles. The maximum Gasteiger partial charge on any atom is 0.146 e. The number of aliphatic hydroxyl groups is 1. The van der Waals surface area contributed by atoms with Gasteiger partial charge in [0.15, 0.2) is 0 Å². The lowest BCUT2D eigenvalue weighted by Gasteiger charge is -2.16. The molecular formula is C11H14BrF2NO. The van der Waals surface area contributed by atoms with E-state index in [1.54, 1.807) is 0 Å². The Bertz CT molecular complexity index is 371. The van der Waals surface area contributed by atoms with Crippen molar-refractivity contribution >= 4 is 15.9 Å². The molecule has 0 aliphatic rings. The zero-order valence-corrected chi connectivity index (χ0v) is 10.7. The highest BCUT2D eigenvalue weighted by Crippen LogP contribution is 2.26. The van der Waals surface area contributed by atoms with E-state index in [0.717, 1.165) is 6.07 Å². The molecule has 0 radical (unpaired) electrons. The topological polar surface area (TPSA) is 32.3 Å². The fourth-order valence-corrected chi connectivity index (χ4v) is 1.64. The van der Waals surface area contributed by atoms with Crippen molar-refractivity contribution in [1.82, 2.24) is 5.32 Å². The summed E-state index contributed by atoms with van der Waals surface area (Å²) in [6.07, 6.45) is -1.19. The summed E-state index contributed by atoms with van der Waals surface area (Å²) in [4.78, 5) is 0. The lowest BCUT2D eigenvalue weighted by molar-refractivity contribution is 0.162. The highest BCUT2D eigenvalue weighted by atomic mass is 79.9. The minimum absolute atomic E-state index is 0.113. The minimum Gasteiger partial charge on any atom is -0.387 e. The van der Waals surface area contributed by atoms with Gasteiger partial charge in [-0.3, -0.25) is 0 Å². The molecule has 90 valence electrons. The van der Waals surface area contributed by atoms with Crippen molar-refractivity contribution in [2.75, 3.05) is 6.54 Å². The summed E-state index contributed by atoms with van der Waals surface area (Å²) >= 11 is 2.96. The first-order chi connectivity index (χ1) is 7.43. The van der Waals surface area contributed by atoms with Gasteiger partial charge in [-0.05, 0) is 28.1 Å². The van der Waals surface area contributed by atoms with Gasteiger partial charge in [-0.25, -0.2) is 8.78 Å². The molecule has 0 fully saturated rings. The van der Waals surface area contributed by atoms with Crippen molar-refractivity contribution in [2.24, 2.45) is 0 Å². The van der Waals surface area contributed by atoms with Gasteiger partial charge < -0.3 is 10.4 Å². The zero-order chi connectivity index (χ0) is 12.3. The van der Waals surface area contributed by atoms with E-state index < -0.39 is 17.7 Å². The molecule has 0 aromatic heterocycles. The van der Waals surface area contributed by atoms with Crippen LogP contribution < -0.4 is 5.32 Å². The first kappa shape index (κ1) is 13.5. The van der Waals surface area contributed by atoms with Gasteiger partial charge in [0.2, 0.25) is 0 Å². The Morgan fingerprint density at radius 3 is 2.56 bits per heavy atom. The fourth-order valence-electron chi connectivity index (χ4n) is 1.30. The molecular weight excluding hydrogens is 280 g/mol. The van der Waals surface area contributed by atoms with Crippen molar-refractivity contribution in [3.63, 3.8) is 0 Å². The normalized spacial score (nSPS) is 13.2. The second-order valence-electron chi connectivity index (χ2n) is 3.84. The van der Waals surface area contributed by atoms with Crippen molar-refractivity contribution in [3.8, 4) is 0 Å². The molecule has 1 aromatic carbocycles. The van der Waals surface area contributed by atoms with E-state index in [4.69, 9.17) is 0 Å². The molecule has 0 aliphatic carbocycles. The second-order valence-corrected chi connectivity index (χ2v) is 4.69. The molecule has 0 saturated heterocycles. The van der Waals surface area contributed by atoms with Crippen LogP contribution in [0.1, 0.15) is 25.5 Å². The van der Waals surface area contributed by atoms with Crippen LogP contribution in [0, 0.1) is 11.6 Å². The second kappa shape index (κ2) is 5.70. The first-order valence-electron chi connectivity index (χ1n) is 4.98. The summed E-state index contributed by atoms with van der Waals surface area (Å²) in [5, 5.41) is 12.6. The zero-order valence-electron chi connectivity index (χ0n) is 9.10. The number of nitrogens with one attached hydrogen (secondary N) is 1. The van der Waals surface area contributed by atoms with Crippen LogP contribution in [0.2, 0.25) is 0 Å². The van der Waals surface area contributed by atoms with Crippen LogP contribution in [0.4, 0.5) is 8.78 Å². The number of aliphatic hydroxyl groups excluding tert-OH is 1. The van der Waals surface area contributed by atoms with Gasteiger partial charge in [0, 0.05) is 12.6 Å². The van der Waals surface area contributed by atoms with Gasteiger partial charge in [-0.1, -0.05) is 13.8 Å². The highest BCUT2D eigenvalue weighted by Gasteiger charge is 2.19. The minimum atomic E-state index is -1.19. The van der Waals surface area contributed by atoms with E-state index >= 15 is 0 Å². The van der Waals surface area contributed by atoms with Gasteiger partial charge in [0.05, 0.1) is 16.1 Å². The molecule has 1 atom stereocenters. The van der Waals surface area contributed by atoms with E-state index in [2.05, 4.69) is 21.2 Å². The first-order valence-corrected chi connectivity index (χ1v) is 5.77. The quantitative estimate of drug-likeness (QED) is 0.837. The third-order valence-corrected chi connectivity index (χ3v) is 2.74. The Kier molecular flexibility index (Phi) is 4.83. The van der Waals surface area contributed by atoms with Gasteiger partial charge >= 0.3 is 0 Å². The number of rotatable bonds is 4. The van der Waals surface area contributed by atoms with Crippen LogP contribution in [0.5, 0.6) is 0 Å². The SMILES string of the molecule is CC(C)NCC(O)c1c(F)ccc(Br)c1F. The van der Waals surface area contributed by atoms with Crippen molar-refractivity contribution in [3.05, 3.63) is 33.8 Å². The summed E-state index contributed by atoms with van der Waals surface area (Å²) in [6, 6.07) is 2.55. The predicted molar refractivity (Wildman–Crippen MR) is 62.2 cm³/mol. The average molecular weight is 294 g/mol. The van der Waals surface area contributed by atoms with Crippen molar-refractivity contribution < 1.29 is 13.9 Å². The maximum absolute atomic E-state index is 13.6. The molecule has 16 heavy (non-hydrogen) atoms. The van der Waals surface area contributed by atoms with Gasteiger partial charge in [-0.15, -0.1) is 0 Å². The Balaban J connectivity index is 2.90. The Morgan fingerprint density at radius 1 is 1.38 bits per heavy atom. The molecule has 0 bridgehead atoms. The molecule has 0 amide bonds. The van der Waals surface area contributed by atoms with Gasteiger partial charge in [0.25, 0.3) is 0 Å². The van der Waals surface area contributed by atoms with Crippen LogP contribution in [0.3, 0.4) is 0 Å². The standard InChI is InChI=1S/C11H14BrF2NO/c1-6(2)15-5-9(16)10-8(13)4-3-7(12)11(10)14/h3-4,6,9,15-16H,5H2,1-2H3. The number of hydrogen-bond acceptors (Lipinski definition) is 2. The third kappa shape index (κ3) is 3.23. The molecule has 0 saturated carbocycles. The van der Waals surface area contributed by atoms with Crippen LogP contribution >= 0.6 is 15.9 Å². The van der Waals surface area contributed by atoms with E-state index in [9.17, 15) is 13.9 Å². The van der Waals surface area contributed by atoms with Gasteiger partial charge in [-0.2, -0.15) is 0 Å². The molecule has 1 aromatic rings. The Morgan fingerprint density at radius 2 is 2.00 bits per heavy atom. The van der Waals surface area contributed by atoms with Crippen LogP contribution in [-0.2, 0) is 0 Å². The molecule has 0 spiro atoms. The van der Waals surface area contributed by atoms with Crippen LogP contribution in [-0.4, -0.2) is 17.7 Å². The van der Waals surface area contributed by atoms with Crippen LogP contribution in [0.15, 0.2) is 16.6 Å². The molecule has 1 unspecified atom stereocenters. The molecule has 2 nitrogen and oxygen atoms in total. The van der Waals surface area contributed by atoms with E-state index in [0.29, 0.717) is 0 Å². The third-order valence-electron chi connectivity index (χ3n) is 2.13. The number of benzene rings is 1.